The number of carbonyl (C=O) groups excluding carboxylic acids is 1. The van der Waals surface area contributed by atoms with Gasteiger partial charge >= 0.3 is 18.0 Å². The minimum Gasteiger partial charge on any atom is -0.507 e. The number of carbonyl (C=O) groups is 3. The maximum absolute atomic E-state index is 13.2. The van der Waals surface area contributed by atoms with E-state index in [9.17, 15) is 51.6 Å². The van der Waals surface area contributed by atoms with Crippen molar-refractivity contribution in [1.82, 2.24) is 0 Å². The zero-order valence-corrected chi connectivity index (χ0v) is 30.1. The molecule has 54 heavy (non-hydrogen) atoms. The maximum Gasteiger partial charge on any atom is 0.335 e. The lowest BCUT2D eigenvalue weighted by Crippen LogP contribution is -2.19. The third-order valence-electron chi connectivity index (χ3n) is 7.86. The average molecular weight is 812 g/mol. The molecule has 0 bridgehead atoms. The Morgan fingerprint density at radius 1 is 0.519 bits per heavy atom. The summed E-state index contributed by atoms with van der Waals surface area (Å²) in [5.74, 6) is -3.41. The van der Waals surface area contributed by atoms with Gasteiger partial charge in [-0.25, -0.2) is 31.2 Å². The summed E-state index contributed by atoms with van der Waals surface area (Å²) in [6.45, 7) is 0. The topological polar surface area (TPSA) is 249 Å². The highest BCUT2D eigenvalue weighted by atomic mass is 35.5. The lowest BCUT2D eigenvalue weighted by atomic mass is 10.1. The summed E-state index contributed by atoms with van der Waals surface area (Å²) in [5, 5.41) is 45.7. The van der Waals surface area contributed by atoms with Gasteiger partial charge in [0, 0.05) is 34.3 Å². The van der Waals surface area contributed by atoms with Gasteiger partial charge in [-0.2, -0.15) is 0 Å². The molecule has 0 atom stereocenters. The summed E-state index contributed by atoms with van der Waals surface area (Å²) >= 11 is 12.2. The Morgan fingerprint density at radius 3 is 1.28 bits per heavy atom. The highest BCUT2D eigenvalue weighted by Gasteiger charge is 2.22. The van der Waals surface area contributed by atoms with Gasteiger partial charge in [-0.3, -0.25) is 9.44 Å². The minimum absolute atomic E-state index is 0.0668. The molecule has 276 valence electrons. The summed E-state index contributed by atoms with van der Waals surface area (Å²) in [6.07, 6.45) is 0. The Morgan fingerprint density at radius 2 is 0.907 bits per heavy atom. The number of hydrogen-bond donors (Lipinski definition) is 8. The van der Waals surface area contributed by atoms with Crippen molar-refractivity contribution >= 4 is 106 Å². The first kappa shape index (κ1) is 37.5. The number of anilines is 4. The number of sulfonamides is 2. The van der Waals surface area contributed by atoms with Gasteiger partial charge in [-0.1, -0.05) is 23.2 Å². The van der Waals surface area contributed by atoms with Crippen molar-refractivity contribution in [3.8, 4) is 11.5 Å². The molecule has 8 N–H and O–H groups in total. The molecular weight excluding hydrogens is 787 g/mol. The van der Waals surface area contributed by atoms with E-state index >= 15 is 0 Å². The molecule has 0 heterocycles. The molecule has 0 aromatic heterocycles. The lowest BCUT2D eigenvalue weighted by molar-refractivity contribution is 0.0686. The number of carboxylic acids is 2. The smallest absolute Gasteiger partial charge is 0.335 e. The van der Waals surface area contributed by atoms with Crippen LogP contribution in [0, 0.1) is 0 Å². The van der Waals surface area contributed by atoms with Crippen LogP contribution in [0.3, 0.4) is 0 Å². The number of fused-ring (bicyclic) bond motifs is 2. The zero-order chi connectivity index (χ0) is 39.1. The van der Waals surface area contributed by atoms with E-state index in [4.69, 9.17) is 23.2 Å². The highest BCUT2D eigenvalue weighted by molar-refractivity contribution is 7.93. The van der Waals surface area contributed by atoms with E-state index in [-0.39, 0.29) is 65.5 Å². The van der Waals surface area contributed by atoms with Crippen LogP contribution in [-0.4, -0.2) is 55.2 Å². The number of hydrogen-bond acceptors (Lipinski definition) is 9. The second kappa shape index (κ2) is 14.3. The van der Waals surface area contributed by atoms with Crippen molar-refractivity contribution in [2.24, 2.45) is 0 Å². The number of halogens is 2. The van der Waals surface area contributed by atoms with Crippen molar-refractivity contribution in [3.63, 3.8) is 0 Å². The maximum atomic E-state index is 13.2. The largest absolute Gasteiger partial charge is 0.507 e. The van der Waals surface area contributed by atoms with E-state index < -0.39 is 59.3 Å². The molecule has 19 heteroatoms. The first-order chi connectivity index (χ1) is 25.4. The fourth-order valence-corrected chi connectivity index (χ4v) is 7.98. The van der Waals surface area contributed by atoms with Gasteiger partial charge in [-0.15, -0.1) is 0 Å². The van der Waals surface area contributed by atoms with Crippen LogP contribution >= 0.6 is 23.2 Å². The van der Waals surface area contributed by atoms with E-state index in [0.29, 0.717) is 0 Å². The van der Waals surface area contributed by atoms with Gasteiger partial charge in [0.05, 0.1) is 42.3 Å². The monoisotopic (exact) mass is 810 g/mol. The van der Waals surface area contributed by atoms with Crippen LogP contribution in [0.25, 0.3) is 21.5 Å². The Labute approximate surface area is 315 Å². The lowest BCUT2D eigenvalue weighted by Gasteiger charge is -2.14. The van der Waals surface area contributed by atoms with Gasteiger partial charge in [0.1, 0.15) is 11.5 Å². The minimum atomic E-state index is -4.40. The zero-order valence-electron chi connectivity index (χ0n) is 27.0. The molecule has 0 saturated carbocycles. The van der Waals surface area contributed by atoms with E-state index in [1.807, 2.05) is 0 Å². The number of amides is 2. The SMILES string of the molecule is O=C(Nc1ccc2c(O)cc(S(=O)(=O)Nc3cc(C(=O)O)ccc3Cl)cc2c1)Nc1ccc2c(O)cc(S(=O)(=O)Nc3cc(C(=O)O)ccc3Cl)cc2c1. The number of rotatable bonds is 10. The number of nitrogens with one attached hydrogen (secondary N) is 4. The third kappa shape index (κ3) is 7.88. The van der Waals surface area contributed by atoms with Crippen LogP contribution < -0.4 is 20.1 Å². The number of phenolic OH excluding ortho intramolecular Hbond substituents is 2. The van der Waals surface area contributed by atoms with Crippen LogP contribution in [0.1, 0.15) is 20.7 Å². The molecular formula is C35H24Cl2N4O11S2. The summed E-state index contributed by atoms with van der Waals surface area (Å²) in [7, 11) is -8.80. The number of urea groups is 1. The van der Waals surface area contributed by atoms with Crippen LogP contribution in [0.4, 0.5) is 27.5 Å². The number of aromatic hydroxyl groups is 2. The van der Waals surface area contributed by atoms with Crippen molar-refractivity contribution in [2.45, 2.75) is 9.79 Å². The molecule has 0 spiro atoms. The summed E-state index contributed by atoms with van der Waals surface area (Å²) in [4.78, 5) is 35.0. The summed E-state index contributed by atoms with van der Waals surface area (Å²) in [5.41, 5.74) is -0.462. The van der Waals surface area contributed by atoms with Crippen molar-refractivity contribution in [1.29, 1.82) is 0 Å². The van der Waals surface area contributed by atoms with Crippen molar-refractivity contribution < 1.29 is 51.6 Å². The average Bonchev–Trinajstić information content (AvgIpc) is 3.09. The molecule has 6 rings (SSSR count). The Hall–Kier alpha value is -6.27. The first-order valence-electron chi connectivity index (χ1n) is 15.1. The van der Waals surface area contributed by atoms with Crippen LogP contribution in [-0.2, 0) is 20.0 Å². The molecule has 6 aromatic rings. The normalized spacial score (nSPS) is 11.6. The summed E-state index contributed by atoms with van der Waals surface area (Å²) in [6, 6.07) is 19.2. The molecule has 0 saturated heterocycles. The van der Waals surface area contributed by atoms with Crippen LogP contribution in [0.2, 0.25) is 10.0 Å². The molecule has 0 unspecified atom stereocenters. The molecule has 2 amide bonds. The van der Waals surface area contributed by atoms with E-state index in [1.54, 1.807) is 0 Å². The summed E-state index contributed by atoms with van der Waals surface area (Å²) < 4.78 is 57.4. The second-order valence-corrected chi connectivity index (χ2v) is 15.7. The highest BCUT2D eigenvalue weighted by Crippen LogP contribution is 2.35. The molecule has 0 fully saturated rings. The van der Waals surface area contributed by atoms with Gasteiger partial charge in [0.15, 0.2) is 0 Å². The van der Waals surface area contributed by atoms with Gasteiger partial charge in [0.25, 0.3) is 20.0 Å². The van der Waals surface area contributed by atoms with E-state index in [1.165, 1.54) is 72.8 Å². The number of benzene rings is 6. The fourth-order valence-electron chi connectivity index (χ4n) is 5.29. The van der Waals surface area contributed by atoms with Gasteiger partial charge in [0.2, 0.25) is 0 Å². The standard InChI is InChI=1S/C35H24Cl2N4O11S2/c36-27-7-1-17(33(44)45)13-29(27)40-53(49,50)23-11-19-9-21(3-5-25(19)31(42)15-23)38-35(48)39-22-4-6-26-20(10-22)12-24(16-32(26)43)54(51,52)41-30-14-18(34(46)47)2-8-28(30)37/h1-16,40-43H,(H,44,45)(H,46,47)(H2,38,39,48). The Balaban J connectivity index is 1.22. The van der Waals surface area contributed by atoms with E-state index in [0.717, 1.165) is 24.3 Å². The van der Waals surface area contributed by atoms with Gasteiger partial charge < -0.3 is 31.1 Å². The predicted octanol–water partition coefficient (Wildman–Crippen LogP) is 7.35. The molecule has 0 aliphatic rings. The van der Waals surface area contributed by atoms with Crippen molar-refractivity contribution in [2.75, 3.05) is 20.1 Å². The number of carboxylic acid groups (broad SMARTS) is 2. The van der Waals surface area contributed by atoms with Gasteiger partial charge in [-0.05, 0) is 95.7 Å². The van der Waals surface area contributed by atoms with Crippen LogP contribution in [0.15, 0.2) is 107 Å². The van der Waals surface area contributed by atoms with E-state index in [2.05, 4.69) is 20.1 Å². The molecule has 15 nitrogen and oxygen atoms in total. The van der Waals surface area contributed by atoms with Crippen LogP contribution in [0.5, 0.6) is 11.5 Å². The molecule has 0 aliphatic heterocycles. The Bertz CT molecular complexity index is 2610. The fraction of sp³-hybridized carbons (Fsp3) is 0. The van der Waals surface area contributed by atoms with Crippen molar-refractivity contribution in [3.05, 3.63) is 118 Å². The molecule has 0 radical (unpaired) electrons. The molecule has 6 aromatic carbocycles. The molecule has 0 aliphatic carbocycles. The second-order valence-electron chi connectivity index (χ2n) is 11.5. The Kier molecular flexibility index (Phi) is 9.91. The number of phenols is 2. The first-order valence-corrected chi connectivity index (χ1v) is 18.9. The quantitative estimate of drug-likeness (QED) is 0.0679. The third-order valence-corrected chi connectivity index (χ3v) is 11.2. The number of aromatic carboxylic acids is 2. The predicted molar refractivity (Wildman–Crippen MR) is 202 cm³/mol.